The lowest BCUT2D eigenvalue weighted by atomic mass is 9.96. The fraction of sp³-hybridized carbons (Fsp3) is 0.545. The Hall–Kier alpha value is -0.930. The van der Waals surface area contributed by atoms with E-state index in [0.717, 1.165) is 5.56 Å². The number of hydrogen-bond acceptors (Lipinski definition) is 3. The Morgan fingerprint density at radius 3 is 2.79 bits per heavy atom. The van der Waals surface area contributed by atoms with E-state index < -0.39 is 11.7 Å². The van der Waals surface area contributed by atoms with Gasteiger partial charge in [0.2, 0.25) is 0 Å². The van der Waals surface area contributed by atoms with Gasteiger partial charge in [0.05, 0.1) is 11.7 Å². The average Bonchev–Trinajstić information content (AvgIpc) is 2.19. The number of aliphatic hydroxyl groups excluding tert-OH is 1. The summed E-state index contributed by atoms with van der Waals surface area (Å²) in [5, 5.41) is 9.88. The van der Waals surface area contributed by atoms with Crippen LogP contribution < -0.4 is 0 Å². The monoisotopic (exact) mass is 195 g/mol. The Labute approximate surface area is 84.7 Å². The van der Waals surface area contributed by atoms with Crippen LogP contribution in [0.3, 0.4) is 0 Å². The third-order valence-electron chi connectivity index (χ3n) is 2.48. The van der Waals surface area contributed by atoms with Crippen molar-refractivity contribution in [3.05, 3.63) is 30.1 Å². The molecule has 78 valence electrons. The Kier molecular flexibility index (Phi) is 3.61. The van der Waals surface area contributed by atoms with Gasteiger partial charge in [0.15, 0.2) is 0 Å². The van der Waals surface area contributed by atoms with Gasteiger partial charge in [0, 0.05) is 25.9 Å². The molecule has 0 aromatic carbocycles. The molecule has 1 aromatic rings. The quantitative estimate of drug-likeness (QED) is 0.790. The molecular weight excluding hydrogens is 178 g/mol. The molecule has 1 N–H and O–H groups in total. The molecule has 0 radical (unpaired) electrons. The largest absolute Gasteiger partial charge is 0.390 e. The van der Waals surface area contributed by atoms with Gasteiger partial charge in [0.25, 0.3) is 0 Å². The van der Waals surface area contributed by atoms with Crippen molar-refractivity contribution in [2.24, 2.45) is 0 Å². The molecule has 0 aliphatic heterocycles. The summed E-state index contributed by atoms with van der Waals surface area (Å²) < 4.78 is 5.20. The molecule has 1 aromatic heterocycles. The minimum Gasteiger partial charge on any atom is -0.390 e. The number of ether oxygens (including phenoxy) is 1. The normalized spacial score (nSPS) is 14.0. The topological polar surface area (TPSA) is 42.4 Å². The Morgan fingerprint density at radius 2 is 2.29 bits per heavy atom. The predicted molar refractivity (Wildman–Crippen MR) is 55.0 cm³/mol. The van der Waals surface area contributed by atoms with E-state index in [1.54, 1.807) is 19.5 Å². The lowest BCUT2D eigenvalue weighted by Gasteiger charge is -2.28. The van der Waals surface area contributed by atoms with Crippen LogP contribution in [0.1, 0.15) is 19.4 Å². The van der Waals surface area contributed by atoms with Crippen molar-refractivity contribution in [1.29, 1.82) is 0 Å². The second-order valence-corrected chi connectivity index (χ2v) is 3.89. The number of aliphatic hydroxyl groups is 1. The summed E-state index contributed by atoms with van der Waals surface area (Å²) in [6.45, 7) is 3.74. The zero-order chi connectivity index (χ0) is 10.6. The first-order chi connectivity index (χ1) is 6.56. The summed E-state index contributed by atoms with van der Waals surface area (Å²) in [7, 11) is 1.60. The molecule has 0 aliphatic rings. The fourth-order valence-electron chi connectivity index (χ4n) is 1.12. The van der Waals surface area contributed by atoms with Crippen molar-refractivity contribution in [3.8, 4) is 0 Å². The zero-order valence-electron chi connectivity index (χ0n) is 8.90. The first kappa shape index (κ1) is 11.1. The maximum Gasteiger partial charge on any atom is 0.0883 e. The standard InChI is InChI=1S/C11H17NO2/c1-11(2,14-3)10(13)7-9-5-4-6-12-8-9/h4-6,8,10,13H,7H2,1-3H3. The van der Waals surface area contributed by atoms with Crippen LogP contribution in [0.15, 0.2) is 24.5 Å². The van der Waals surface area contributed by atoms with Gasteiger partial charge in [-0.3, -0.25) is 4.98 Å². The first-order valence-electron chi connectivity index (χ1n) is 4.68. The van der Waals surface area contributed by atoms with Gasteiger partial charge in [-0.15, -0.1) is 0 Å². The average molecular weight is 195 g/mol. The molecule has 1 heterocycles. The second-order valence-electron chi connectivity index (χ2n) is 3.89. The fourth-order valence-corrected chi connectivity index (χ4v) is 1.12. The predicted octanol–water partition coefficient (Wildman–Crippen LogP) is 1.41. The maximum absolute atomic E-state index is 9.88. The second kappa shape index (κ2) is 4.53. The molecule has 0 spiro atoms. The number of aromatic nitrogens is 1. The summed E-state index contributed by atoms with van der Waals surface area (Å²) in [5.41, 5.74) is 0.501. The molecule has 0 saturated carbocycles. The van der Waals surface area contributed by atoms with Gasteiger partial charge in [-0.05, 0) is 25.5 Å². The van der Waals surface area contributed by atoms with Crippen LogP contribution in [-0.4, -0.2) is 28.9 Å². The molecule has 3 heteroatoms. The SMILES string of the molecule is COC(C)(C)C(O)Cc1cccnc1. The summed E-state index contributed by atoms with van der Waals surface area (Å²) >= 11 is 0. The van der Waals surface area contributed by atoms with Gasteiger partial charge in [-0.2, -0.15) is 0 Å². The van der Waals surface area contributed by atoms with Crippen molar-refractivity contribution >= 4 is 0 Å². The van der Waals surface area contributed by atoms with Crippen LogP contribution in [0, 0.1) is 0 Å². The van der Waals surface area contributed by atoms with Crippen molar-refractivity contribution in [2.45, 2.75) is 32.0 Å². The van der Waals surface area contributed by atoms with E-state index in [1.807, 2.05) is 26.0 Å². The minimum atomic E-state index is -0.518. The van der Waals surface area contributed by atoms with Crippen LogP contribution in [0.4, 0.5) is 0 Å². The Bertz CT molecular complexity index is 272. The maximum atomic E-state index is 9.88. The van der Waals surface area contributed by atoms with Crippen LogP contribution >= 0.6 is 0 Å². The molecule has 14 heavy (non-hydrogen) atoms. The van der Waals surface area contributed by atoms with E-state index in [0.29, 0.717) is 6.42 Å². The summed E-state index contributed by atoms with van der Waals surface area (Å²) in [4.78, 5) is 3.99. The van der Waals surface area contributed by atoms with Crippen LogP contribution in [0.25, 0.3) is 0 Å². The first-order valence-corrected chi connectivity index (χ1v) is 4.68. The van der Waals surface area contributed by atoms with E-state index in [2.05, 4.69) is 4.98 Å². The molecule has 3 nitrogen and oxygen atoms in total. The van der Waals surface area contributed by atoms with E-state index in [1.165, 1.54) is 0 Å². The lowest BCUT2D eigenvalue weighted by molar-refractivity contribution is -0.0765. The summed E-state index contributed by atoms with van der Waals surface area (Å²) in [5.74, 6) is 0. The number of nitrogens with zero attached hydrogens (tertiary/aromatic N) is 1. The van der Waals surface area contributed by atoms with Crippen molar-refractivity contribution in [3.63, 3.8) is 0 Å². The molecule has 0 fully saturated rings. The number of methoxy groups -OCH3 is 1. The van der Waals surface area contributed by atoms with Gasteiger partial charge >= 0.3 is 0 Å². The van der Waals surface area contributed by atoms with E-state index >= 15 is 0 Å². The number of hydrogen-bond donors (Lipinski definition) is 1. The van der Waals surface area contributed by atoms with Gasteiger partial charge in [-0.1, -0.05) is 6.07 Å². The van der Waals surface area contributed by atoms with Gasteiger partial charge in [0.1, 0.15) is 0 Å². The highest BCUT2D eigenvalue weighted by molar-refractivity contribution is 5.10. The van der Waals surface area contributed by atoms with E-state index in [4.69, 9.17) is 4.74 Å². The summed E-state index contributed by atoms with van der Waals surface area (Å²) in [6, 6.07) is 3.81. The number of rotatable bonds is 4. The molecule has 0 aliphatic carbocycles. The van der Waals surface area contributed by atoms with E-state index in [9.17, 15) is 5.11 Å². The third kappa shape index (κ3) is 2.79. The van der Waals surface area contributed by atoms with Crippen LogP contribution in [0.2, 0.25) is 0 Å². The van der Waals surface area contributed by atoms with Gasteiger partial charge in [-0.25, -0.2) is 0 Å². The lowest BCUT2D eigenvalue weighted by Crippen LogP contribution is -2.39. The van der Waals surface area contributed by atoms with Crippen LogP contribution in [0.5, 0.6) is 0 Å². The molecule has 0 bridgehead atoms. The zero-order valence-corrected chi connectivity index (χ0v) is 8.90. The highest BCUT2D eigenvalue weighted by atomic mass is 16.5. The van der Waals surface area contributed by atoms with Crippen molar-refractivity contribution < 1.29 is 9.84 Å². The Morgan fingerprint density at radius 1 is 1.57 bits per heavy atom. The smallest absolute Gasteiger partial charge is 0.0883 e. The van der Waals surface area contributed by atoms with E-state index in [-0.39, 0.29) is 0 Å². The molecule has 1 unspecified atom stereocenters. The Balaban J connectivity index is 2.62. The molecule has 0 saturated heterocycles. The summed E-state index contributed by atoms with van der Waals surface area (Å²) in [6.07, 6.45) is 3.53. The highest BCUT2D eigenvalue weighted by Gasteiger charge is 2.27. The molecule has 0 amide bonds. The van der Waals surface area contributed by atoms with Crippen molar-refractivity contribution in [2.75, 3.05) is 7.11 Å². The molecule has 1 atom stereocenters. The van der Waals surface area contributed by atoms with Gasteiger partial charge < -0.3 is 9.84 Å². The third-order valence-corrected chi connectivity index (χ3v) is 2.48. The molecular formula is C11H17NO2. The highest BCUT2D eigenvalue weighted by Crippen LogP contribution is 2.17. The van der Waals surface area contributed by atoms with Crippen LogP contribution in [-0.2, 0) is 11.2 Å². The van der Waals surface area contributed by atoms with Crippen molar-refractivity contribution in [1.82, 2.24) is 4.98 Å². The molecule has 1 rings (SSSR count). The number of pyridine rings is 1. The minimum absolute atomic E-state index is 0.517.